The van der Waals surface area contributed by atoms with Crippen LogP contribution in [0.15, 0.2) is 54.6 Å². The van der Waals surface area contributed by atoms with Crippen molar-refractivity contribution in [2.75, 3.05) is 6.54 Å². The summed E-state index contributed by atoms with van der Waals surface area (Å²) in [5, 5.41) is 11.8. The summed E-state index contributed by atoms with van der Waals surface area (Å²) in [6.07, 6.45) is 1.56. The van der Waals surface area contributed by atoms with Crippen LogP contribution in [0.25, 0.3) is 11.1 Å². The van der Waals surface area contributed by atoms with E-state index < -0.39 is 11.4 Å². The Labute approximate surface area is 135 Å². The first kappa shape index (κ1) is 15.3. The molecule has 2 N–H and O–H groups in total. The first-order valence-corrected chi connectivity index (χ1v) is 7.74. The SMILES string of the molecule is O=C(Cc1ccc(-c2ccccc2)cc1)NCC1(C(=O)O)CC1. The van der Waals surface area contributed by atoms with Gasteiger partial charge in [-0.2, -0.15) is 0 Å². The highest BCUT2D eigenvalue weighted by Crippen LogP contribution is 2.45. The summed E-state index contributed by atoms with van der Waals surface area (Å²) in [4.78, 5) is 23.0. The van der Waals surface area contributed by atoms with Gasteiger partial charge in [-0.3, -0.25) is 9.59 Å². The zero-order valence-corrected chi connectivity index (χ0v) is 12.8. The summed E-state index contributed by atoms with van der Waals surface area (Å²) < 4.78 is 0. The van der Waals surface area contributed by atoms with Crippen molar-refractivity contribution in [1.29, 1.82) is 0 Å². The average molecular weight is 309 g/mol. The molecule has 2 aromatic rings. The van der Waals surface area contributed by atoms with Crippen LogP contribution in [-0.2, 0) is 16.0 Å². The molecule has 1 amide bonds. The van der Waals surface area contributed by atoms with Crippen LogP contribution in [0.1, 0.15) is 18.4 Å². The number of carboxylic acids is 1. The number of hydrogen-bond acceptors (Lipinski definition) is 2. The number of nitrogens with one attached hydrogen (secondary N) is 1. The maximum atomic E-state index is 12.0. The van der Waals surface area contributed by atoms with Crippen molar-refractivity contribution >= 4 is 11.9 Å². The van der Waals surface area contributed by atoms with E-state index >= 15 is 0 Å². The Morgan fingerprint density at radius 1 is 0.957 bits per heavy atom. The van der Waals surface area contributed by atoms with Gasteiger partial charge in [0.05, 0.1) is 11.8 Å². The number of benzene rings is 2. The minimum Gasteiger partial charge on any atom is -0.481 e. The largest absolute Gasteiger partial charge is 0.481 e. The Morgan fingerprint density at radius 2 is 1.57 bits per heavy atom. The summed E-state index contributed by atoms with van der Waals surface area (Å²) in [6.45, 7) is 0.225. The Balaban J connectivity index is 1.56. The topological polar surface area (TPSA) is 66.4 Å². The third-order valence-electron chi connectivity index (χ3n) is 4.36. The van der Waals surface area contributed by atoms with E-state index in [4.69, 9.17) is 5.11 Å². The quantitative estimate of drug-likeness (QED) is 0.862. The second kappa shape index (κ2) is 6.24. The molecule has 0 atom stereocenters. The monoisotopic (exact) mass is 309 g/mol. The highest BCUT2D eigenvalue weighted by atomic mass is 16.4. The number of amides is 1. The first-order chi connectivity index (χ1) is 11.1. The molecule has 0 saturated heterocycles. The van der Waals surface area contributed by atoms with E-state index in [9.17, 15) is 9.59 Å². The molecule has 0 unspecified atom stereocenters. The molecule has 0 aliphatic heterocycles. The van der Waals surface area contributed by atoms with Gasteiger partial charge in [0, 0.05) is 6.54 Å². The van der Waals surface area contributed by atoms with Crippen LogP contribution in [0.3, 0.4) is 0 Å². The number of rotatable bonds is 6. The molecule has 118 valence electrons. The van der Waals surface area contributed by atoms with Gasteiger partial charge >= 0.3 is 5.97 Å². The highest BCUT2D eigenvalue weighted by molar-refractivity contribution is 5.82. The van der Waals surface area contributed by atoms with Crippen LogP contribution in [0.2, 0.25) is 0 Å². The Bertz CT molecular complexity index is 703. The third kappa shape index (κ3) is 3.59. The van der Waals surface area contributed by atoms with E-state index in [1.807, 2.05) is 54.6 Å². The number of hydrogen-bond donors (Lipinski definition) is 2. The minimum absolute atomic E-state index is 0.134. The normalized spacial score (nSPS) is 15.0. The van der Waals surface area contributed by atoms with E-state index in [0.717, 1.165) is 16.7 Å². The van der Waals surface area contributed by atoms with Crippen molar-refractivity contribution in [3.63, 3.8) is 0 Å². The van der Waals surface area contributed by atoms with Gasteiger partial charge in [0.15, 0.2) is 0 Å². The fraction of sp³-hybridized carbons (Fsp3) is 0.263. The molecule has 4 heteroatoms. The number of carboxylic acid groups (broad SMARTS) is 1. The predicted molar refractivity (Wildman–Crippen MR) is 87.9 cm³/mol. The highest BCUT2D eigenvalue weighted by Gasteiger charge is 2.50. The summed E-state index contributed by atoms with van der Waals surface area (Å²) >= 11 is 0. The zero-order valence-electron chi connectivity index (χ0n) is 12.8. The first-order valence-electron chi connectivity index (χ1n) is 7.74. The number of carbonyl (C=O) groups excluding carboxylic acids is 1. The molecule has 23 heavy (non-hydrogen) atoms. The average Bonchev–Trinajstić information content (AvgIpc) is 3.36. The van der Waals surface area contributed by atoms with Gasteiger partial charge in [0.1, 0.15) is 0 Å². The fourth-order valence-corrected chi connectivity index (χ4v) is 2.58. The molecule has 1 saturated carbocycles. The molecular formula is C19H19NO3. The lowest BCUT2D eigenvalue weighted by atomic mass is 10.0. The summed E-state index contributed by atoms with van der Waals surface area (Å²) in [7, 11) is 0. The Kier molecular flexibility index (Phi) is 4.15. The van der Waals surface area contributed by atoms with Gasteiger partial charge in [-0.1, -0.05) is 54.6 Å². The molecule has 3 rings (SSSR count). The zero-order chi connectivity index (χ0) is 16.3. The maximum absolute atomic E-state index is 12.0. The minimum atomic E-state index is -0.815. The Morgan fingerprint density at radius 3 is 2.13 bits per heavy atom. The molecule has 0 spiro atoms. The second-order valence-electron chi connectivity index (χ2n) is 6.10. The summed E-state index contributed by atoms with van der Waals surface area (Å²) in [6, 6.07) is 17.9. The van der Waals surface area contributed by atoms with Crippen LogP contribution in [-0.4, -0.2) is 23.5 Å². The van der Waals surface area contributed by atoms with Crippen LogP contribution < -0.4 is 5.32 Å². The van der Waals surface area contributed by atoms with Gasteiger partial charge < -0.3 is 10.4 Å². The van der Waals surface area contributed by atoms with Crippen molar-refractivity contribution in [3.8, 4) is 11.1 Å². The van der Waals surface area contributed by atoms with E-state index in [-0.39, 0.29) is 18.9 Å². The van der Waals surface area contributed by atoms with Crippen LogP contribution in [0, 0.1) is 5.41 Å². The molecule has 0 heterocycles. The second-order valence-corrected chi connectivity index (χ2v) is 6.10. The van der Waals surface area contributed by atoms with Crippen LogP contribution >= 0.6 is 0 Å². The van der Waals surface area contributed by atoms with E-state index in [1.165, 1.54) is 0 Å². The van der Waals surface area contributed by atoms with Gasteiger partial charge in [0.2, 0.25) is 5.91 Å². The third-order valence-corrected chi connectivity index (χ3v) is 4.36. The molecule has 4 nitrogen and oxygen atoms in total. The smallest absolute Gasteiger partial charge is 0.311 e. The molecular weight excluding hydrogens is 290 g/mol. The molecule has 0 aromatic heterocycles. The van der Waals surface area contributed by atoms with Crippen molar-refractivity contribution < 1.29 is 14.7 Å². The van der Waals surface area contributed by atoms with Gasteiger partial charge in [-0.05, 0) is 29.5 Å². The fourth-order valence-electron chi connectivity index (χ4n) is 2.58. The molecule has 1 aliphatic rings. The number of carbonyl (C=O) groups is 2. The van der Waals surface area contributed by atoms with Gasteiger partial charge in [-0.15, -0.1) is 0 Å². The molecule has 1 aliphatic carbocycles. The molecule has 1 fully saturated rings. The molecule has 2 aromatic carbocycles. The molecule has 0 bridgehead atoms. The lowest BCUT2D eigenvalue weighted by Gasteiger charge is -2.11. The standard InChI is InChI=1S/C19H19NO3/c21-17(20-13-19(10-11-19)18(22)23)12-14-6-8-16(9-7-14)15-4-2-1-3-5-15/h1-9H,10-13H2,(H,20,21)(H,22,23). The lowest BCUT2D eigenvalue weighted by Crippen LogP contribution is -2.35. The summed E-state index contributed by atoms with van der Waals surface area (Å²) in [5.74, 6) is -0.949. The maximum Gasteiger partial charge on any atom is 0.311 e. The summed E-state index contributed by atoms with van der Waals surface area (Å²) in [5.41, 5.74) is 2.45. The van der Waals surface area contributed by atoms with Crippen molar-refractivity contribution in [3.05, 3.63) is 60.2 Å². The van der Waals surface area contributed by atoms with Crippen molar-refractivity contribution in [2.45, 2.75) is 19.3 Å². The van der Waals surface area contributed by atoms with Crippen LogP contribution in [0.4, 0.5) is 0 Å². The van der Waals surface area contributed by atoms with Gasteiger partial charge in [-0.25, -0.2) is 0 Å². The van der Waals surface area contributed by atoms with Crippen molar-refractivity contribution in [2.24, 2.45) is 5.41 Å². The number of aliphatic carboxylic acids is 1. The van der Waals surface area contributed by atoms with E-state index in [2.05, 4.69) is 5.32 Å². The van der Waals surface area contributed by atoms with E-state index in [1.54, 1.807) is 0 Å². The Hall–Kier alpha value is -2.62. The van der Waals surface area contributed by atoms with Gasteiger partial charge in [0.25, 0.3) is 0 Å². The van der Waals surface area contributed by atoms with E-state index in [0.29, 0.717) is 12.8 Å². The van der Waals surface area contributed by atoms with Crippen molar-refractivity contribution in [1.82, 2.24) is 5.32 Å². The lowest BCUT2D eigenvalue weighted by molar-refractivity contribution is -0.143. The molecule has 0 radical (unpaired) electrons. The van der Waals surface area contributed by atoms with Crippen LogP contribution in [0.5, 0.6) is 0 Å². The predicted octanol–water partition coefficient (Wildman–Crippen LogP) is 2.88.